The van der Waals surface area contributed by atoms with Crippen molar-refractivity contribution in [1.29, 1.82) is 0 Å². The number of nitrogens with zero attached hydrogens (tertiary/aromatic N) is 4. The minimum absolute atomic E-state index is 0.187. The summed E-state index contributed by atoms with van der Waals surface area (Å²) in [5.74, 6) is 0.188. The zero-order valence-electron chi connectivity index (χ0n) is 18.2. The summed E-state index contributed by atoms with van der Waals surface area (Å²) >= 11 is 0. The van der Waals surface area contributed by atoms with Crippen molar-refractivity contribution >= 4 is 17.1 Å². The van der Waals surface area contributed by atoms with Crippen LogP contribution in [0.4, 0.5) is 0 Å². The second kappa shape index (κ2) is 7.52. The monoisotopic (exact) mass is 439 g/mol. The number of morpholine rings is 1. The standard InChI is InChI=1S/C23H29N5O4/c29-19-17(21(30)26-23-10-14(11-23)12-23)22(31)28(5-4-27-6-8-32-9-7-27)20-18(19)25-16(13-24-20)15-2-1-3-15/h13-15,29H,1-12H2,(H,26,30). The molecular formula is C23H29N5O4. The molecule has 1 amide bonds. The molecule has 3 heterocycles. The highest BCUT2D eigenvalue weighted by molar-refractivity contribution is 6.01. The fourth-order valence-corrected chi connectivity index (χ4v) is 5.52. The molecule has 0 spiro atoms. The molecule has 1 saturated heterocycles. The van der Waals surface area contributed by atoms with Crippen LogP contribution in [0, 0.1) is 5.92 Å². The third-order valence-corrected chi connectivity index (χ3v) is 7.86. The molecule has 2 aromatic heterocycles. The molecule has 1 aliphatic heterocycles. The molecule has 2 bridgehead atoms. The molecular weight excluding hydrogens is 410 g/mol. The highest BCUT2D eigenvalue weighted by Gasteiger charge is 2.57. The SMILES string of the molecule is O=C(NC12CC(C1)C2)c1c(O)c2nc(C3CCC3)cnc2n(CCN2CCOCC2)c1=O. The summed E-state index contributed by atoms with van der Waals surface area (Å²) in [6.45, 7) is 3.97. The first-order valence-electron chi connectivity index (χ1n) is 11.8. The summed E-state index contributed by atoms with van der Waals surface area (Å²) < 4.78 is 6.92. The summed E-state index contributed by atoms with van der Waals surface area (Å²) in [5, 5.41) is 14.1. The van der Waals surface area contributed by atoms with E-state index in [1.54, 1.807) is 6.20 Å². The minimum Gasteiger partial charge on any atom is -0.505 e. The average molecular weight is 440 g/mol. The number of fused-ring (bicyclic) bond motifs is 1. The molecule has 0 radical (unpaired) electrons. The van der Waals surface area contributed by atoms with Crippen LogP contribution in [0.5, 0.6) is 5.75 Å². The van der Waals surface area contributed by atoms with Gasteiger partial charge in [0.05, 0.1) is 25.1 Å². The van der Waals surface area contributed by atoms with Crippen molar-refractivity contribution in [3.63, 3.8) is 0 Å². The number of amides is 1. The van der Waals surface area contributed by atoms with Gasteiger partial charge in [0.25, 0.3) is 11.5 Å². The van der Waals surface area contributed by atoms with E-state index in [4.69, 9.17) is 9.72 Å². The Morgan fingerprint density at radius 2 is 1.97 bits per heavy atom. The Balaban J connectivity index is 1.39. The average Bonchev–Trinajstić information content (AvgIpc) is 2.69. The third kappa shape index (κ3) is 3.21. The molecule has 4 saturated carbocycles. The van der Waals surface area contributed by atoms with Gasteiger partial charge in [-0.15, -0.1) is 0 Å². The number of aromatic hydroxyl groups is 1. The maximum atomic E-state index is 13.4. The van der Waals surface area contributed by atoms with E-state index in [0.29, 0.717) is 43.8 Å². The molecule has 2 aromatic rings. The Morgan fingerprint density at radius 1 is 1.22 bits per heavy atom. The number of nitrogens with one attached hydrogen (secondary N) is 1. The Bertz CT molecular complexity index is 1120. The Kier molecular flexibility index (Phi) is 4.73. The van der Waals surface area contributed by atoms with Gasteiger partial charge >= 0.3 is 0 Å². The number of hydrogen-bond donors (Lipinski definition) is 2. The Hall–Kier alpha value is -2.52. The van der Waals surface area contributed by atoms with Gasteiger partial charge in [-0.3, -0.25) is 19.1 Å². The van der Waals surface area contributed by atoms with Crippen molar-refractivity contribution in [3.05, 3.63) is 27.8 Å². The largest absolute Gasteiger partial charge is 0.505 e. The van der Waals surface area contributed by atoms with Gasteiger partial charge in [0.1, 0.15) is 11.1 Å². The van der Waals surface area contributed by atoms with Crippen LogP contribution >= 0.6 is 0 Å². The lowest BCUT2D eigenvalue weighted by Gasteiger charge is -2.61. The zero-order valence-corrected chi connectivity index (χ0v) is 18.2. The number of rotatable bonds is 6. The fraction of sp³-hybridized carbons (Fsp3) is 0.652. The van der Waals surface area contributed by atoms with Crippen LogP contribution in [-0.2, 0) is 11.3 Å². The van der Waals surface area contributed by atoms with Crippen LogP contribution in [0.1, 0.15) is 60.5 Å². The summed E-state index contributed by atoms with van der Waals surface area (Å²) in [6.07, 6.45) is 7.87. The number of carbonyl (C=O) groups excluding carboxylic acids is 1. The second-order valence-corrected chi connectivity index (χ2v) is 9.94. The van der Waals surface area contributed by atoms with Gasteiger partial charge in [0, 0.05) is 37.6 Å². The van der Waals surface area contributed by atoms with Gasteiger partial charge in [0.15, 0.2) is 11.4 Å². The minimum atomic E-state index is -0.502. The molecule has 5 fully saturated rings. The predicted molar refractivity (Wildman–Crippen MR) is 117 cm³/mol. The number of hydrogen-bond acceptors (Lipinski definition) is 7. The van der Waals surface area contributed by atoms with Crippen LogP contribution < -0.4 is 10.9 Å². The maximum absolute atomic E-state index is 13.4. The topological polar surface area (TPSA) is 110 Å². The first kappa shape index (κ1) is 20.1. The Labute approximate surface area is 185 Å². The molecule has 2 N–H and O–H groups in total. The number of pyridine rings is 1. The van der Waals surface area contributed by atoms with E-state index in [1.165, 1.54) is 4.57 Å². The summed E-state index contributed by atoms with van der Waals surface area (Å²) in [4.78, 5) is 38.1. The molecule has 5 aliphatic rings. The normalized spacial score (nSPS) is 27.4. The lowest BCUT2D eigenvalue weighted by Crippen LogP contribution is -2.68. The van der Waals surface area contributed by atoms with E-state index in [1.807, 2.05) is 0 Å². The van der Waals surface area contributed by atoms with Gasteiger partial charge in [-0.25, -0.2) is 9.97 Å². The number of aromatic nitrogens is 3. The van der Waals surface area contributed by atoms with E-state index in [9.17, 15) is 14.7 Å². The Morgan fingerprint density at radius 3 is 2.59 bits per heavy atom. The molecule has 0 aromatic carbocycles. The zero-order chi connectivity index (χ0) is 21.9. The van der Waals surface area contributed by atoms with Gasteiger partial charge < -0.3 is 15.2 Å². The van der Waals surface area contributed by atoms with Crippen molar-refractivity contribution in [2.24, 2.45) is 5.92 Å². The van der Waals surface area contributed by atoms with Gasteiger partial charge in [-0.05, 0) is 38.0 Å². The summed E-state index contributed by atoms with van der Waals surface area (Å²) in [7, 11) is 0. The van der Waals surface area contributed by atoms with Gasteiger partial charge in [-0.1, -0.05) is 6.42 Å². The van der Waals surface area contributed by atoms with Crippen molar-refractivity contribution in [2.75, 3.05) is 32.8 Å². The van der Waals surface area contributed by atoms with Crippen molar-refractivity contribution < 1.29 is 14.6 Å². The second-order valence-electron chi connectivity index (χ2n) is 9.94. The van der Waals surface area contributed by atoms with Gasteiger partial charge in [-0.2, -0.15) is 0 Å². The smallest absolute Gasteiger partial charge is 0.269 e. The molecule has 0 atom stereocenters. The van der Waals surface area contributed by atoms with E-state index in [0.717, 1.165) is 57.3 Å². The van der Waals surface area contributed by atoms with Crippen LogP contribution in [-0.4, -0.2) is 68.8 Å². The first-order chi connectivity index (χ1) is 15.5. The van der Waals surface area contributed by atoms with Crippen LogP contribution in [0.15, 0.2) is 11.0 Å². The molecule has 7 rings (SSSR count). The summed E-state index contributed by atoms with van der Waals surface area (Å²) in [6, 6.07) is 0. The number of ether oxygens (including phenoxy) is 1. The van der Waals surface area contributed by atoms with Crippen LogP contribution in [0.3, 0.4) is 0 Å². The van der Waals surface area contributed by atoms with E-state index < -0.39 is 11.5 Å². The highest BCUT2D eigenvalue weighted by atomic mass is 16.5. The predicted octanol–water partition coefficient (Wildman–Crippen LogP) is 1.38. The van der Waals surface area contributed by atoms with Crippen molar-refractivity contribution in [3.8, 4) is 5.75 Å². The quantitative estimate of drug-likeness (QED) is 0.700. The third-order valence-electron chi connectivity index (χ3n) is 7.86. The first-order valence-corrected chi connectivity index (χ1v) is 11.8. The van der Waals surface area contributed by atoms with E-state index in [2.05, 4.69) is 15.2 Å². The van der Waals surface area contributed by atoms with E-state index in [-0.39, 0.29) is 22.4 Å². The van der Waals surface area contributed by atoms with Crippen LogP contribution in [0.2, 0.25) is 0 Å². The van der Waals surface area contributed by atoms with E-state index >= 15 is 0 Å². The molecule has 4 aliphatic carbocycles. The molecule has 170 valence electrons. The fourth-order valence-electron chi connectivity index (χ4n) is 5.52. The molecule has 32 heavy (non-hydrogen) atoms. The maximum Gasteiger partial charge on any atom is 0.269 e. The lowest BCUT2D eigenvalue weighted by atomic mass is 9.50. The van der Waals surface area contributed by atoms with Crippen LogP contribution in [0.25, 0.3) is 11.2 Å². The lowest BCUT2D eigenvalue weighted by molar-refractivity contribution is -0.0439. The van der Waals surface area contributed by atoms with Crippen molar-refractivity contribution in [1.82, 2.24) is 24.8 Å². The van der Waals surface area contributed by atoms with Crippen molar-refractivity contribution in [2.45, 2.75) is 56.5 Å². The highest BCUT2D eigenvalue weighted by Crippen LogP contribution is 2.57. The van der Waals surface area contributed by atoms with Gasteiger partial charge in [0.2, 0.25) is 0 Å². The summed E-state index contributed by atoms with van der Waals surface area (Å²) in [5.41, 5.74) is 0.517. The molecule has 9 heteroatoms. The molecule has 0 unspecified atom stereocenters. The molecule has 9 nitrogen and oxygen atoms in total. The number of carbonyl (C=O) groups is 1.